The van der Waals surface area contributed by atoms with Crippen molar-refractivity contribution in [3.8, 4) is 0 Å². The molecule has 0 bridgehead atoms. The van der Waals surface area contributed by atoms with Crippen molar-refractivity contribution in [3.05, 3.63) is 34.1 Å². The number of rotatable bonds is 2. The van der Waals surface area contributed by atoms with E-state index in [0.29, 0.717) is 5.56 Å². The Morgan fingerprint density at radius 1 is 1.47 bits per heavy atom. The third-order valence-corrected chi connectivity index (χ3v) is 3.84. The van der Waals surface area contributed by atoms with Gasteiger partial charge in [0.05, 0.1) is 5.02 Å². The van der Waals surface area contributed by atoms with Crippen molar-refractivity contribution in [2.24, 2.45) is 5.73 Å². The molecule has 15 heavy (non-hydrogen) atoms. The molecule has 1 unspecified atom stereocenters. The first-order valence-electron chi connectivity index (χ1n) is 5.20. The summed E-state index contributed by atoms with van der Waals surface area (Å²) < 4.78 is 13.6. The summed E-state index contributed by atoms with van der Waals surface area (Å²) in [5.74, 6) is -0.305. The Morgan fingerprint density at radius 2 is 2.07 bits per heavy atom. The molecular weight excluding hydrogens is 213 g/mol. The van der Waals surface area contributed by atoms with Gasteiger partial charge in [-0.05, 0) is 37.8 Å². The van der Waals surface area contributed by atoms with E-state index in [2.05, 4.69) is 0 Å². The molecule has 3 heteroatoms. The van der Waals surface area contributed by atoms with Gasteiger partial charge in [0, 0.05) is 11.5 Å². The fourth-order valence-corrected chi connectivity index (χ4v) is 2.54. The summed E-state index contributed by atoms with van der Waals surface area (Å²) in [5.41, 5.74) is 7.33. The van der Waals surface area contributed by atoms with Gasteiger partial charge >= 0.3 is 0 Å². The zero-order valence-electron chi connectivity index (χ0n) is 8.98. The molecule has 82 valence electrons. The highest BCUT2D eigenvalue weighted by molar-refractivity contribution is 6.31. The number of benzene rings is 1. The summed E-state index contributed by atoms with van der Waals surface area (Å²) in [6.07, 6.45) is 2.01. The monoisotopic (exact) mass is 227 g/mol. The Morgan fingerprint density at radius 3 is 2.53 bits per heavy atom. The quantitative estimate of drug-likeness (QED) is 0.825. The predicted octanol–water partition coefficient (Wildman–Crippen LogP) is 3.17. The van der Waals surface area contributed by atoms with E-state index in [4.69, 9.17) is 17.3 Å². The van der Waals surface area contributed by atoms with E-state index in [0.717, 1.165) is 18.4 Å². The standard InChI is InChI=1S/C12H15ClFN/c1-7-3-4-9(10(13)11(7)14)12(5-6-12)8(2)15/h3-4,8H,5-6,15H2,1-2H3. The van der Waals surface area contributed by atoms with Gasteiger partial charge < -0.3 is 5.73 Å². The minimum Gasteiger partial charge on any atom is -0.327 e. The predicted molar refractivity (Wildman–Crippen MR) is 60.7 cm³/mol. The van der Waals surface area contributed by atoms with Crippen molar-refractivity contribution in [3.63, 3.8) is 0 Å². The van der Waals surface area contributed by atoms with Crippen LogP contribution in [0.5, 0.6) is 0 Å². The van der Waals surface area contributed by atoms with Gasteiger partial charge in [0.15, 0.2) is 0 Å². The lowest BCUT2D eigenvalue weighted by atomic mass is 9.89. The lowest BCUT2D eigenvalue weighted by molar-refractivity contribution is 0.547. The molecule has 0 spiro atoms. The van der Waals surface area contributed by atoms with Gasteiger partial charge in [-0.3, -0.25) is 0 Å². The molecule has 0 heterocycles. The van der Waals surface area contributed by atoms with Crippen LogP contribution in [0.15, 0.2) is 12.1 Å². The summed E-state index contributed by atoms with van der Waals surface area (Å²) in [6.45, 7) is 3.68. The summed E-state index contributed by atoms with van der Waals surface area (Å²) in [6, 6.07) is 3.72. The topological polar surface area (TPSA) is 26.0 Å². The fraction of sp³-hybridized carbons (Fsp3) is 0.500. The summed E-state index contributed by atoms with van der Waals surface area (Å²) in [7, 11) is 0. The maximum atomic E-state index is 13.6. The molecule has 1 fully saturated rings. The van der Waals surface area contributed by atoms with E-state index >= 15 is 0 Å². The first-order chi connectivity index (χ1) is 6.99. The van der Waals surface area contributed by atoms with Crippen molar-refractivity contribution in [2.45, 2.75) is 38.1 Å². The Hall–Kier alpha value is -0.600. The second-order valence-electron chi connectivity index (χ2n) is 4.50. The lowest BCUT2D eigenvalue weighted by Crippen LogP contribution is -2.32. The Bertz CT molecular complexity index is 397. The van der Waals surface area contributed by atoms with Gasteiger partial charge in [-0.1, -0.05) is 23.7 Å². The highest BCUT2D eigenvalue weighted by Crippen LogP contribution is 2.52. The normalized spacial score (nSPS) is 20.1. The maximum absolute atomic E-state index is 13.6. The molecule has 1 aliphatic rings. The highest BCUT2D eigenvalue weighted by Gasteiger charge is 2.48. The Labute approximate surface area is 94.4 Å². The van der Waals surface area contributed by atoms with Crippen LogP contribution in [0.3, 0.4) is 0 Å². The minimum absolute atomic E-state index is 0.0251. The largest absolute Gasteiger partial charge is 0.327 e. The number of halogens is 2. The molecule has 2 rings (SSSR count). The molecule has 1 saturated carbocycles. The summed E-state index contributed by atoms with van der Waals surface area (Å²) in [5, 5.41) is 0.254. The molecule has 0 saturated heterocycles. The van der Waals surface area contributed by atoms with Crippen LogP contribution < -0.4 is 5.73 Å². The van der Waals surface area contributed by atoms with Gasteiger partial charge in [-0.25, -0.2) is 4.39 Å². The van der Waals surface area contributed by atoms with Crippen molar-refractivity contribution < 1.29 is 4.39 Å². The SMILES string of the molecule is Cc1ccc(C2(C(C)N)CC2)c(Cl)c1F. The molecule has 0 aliphatic heterocycles. The fourth-order valence-electron chi connectivity index (χ4n) is 2.14. The first kappa shape index (κ1) is 10.9. The van der Waals surface area contributed by atoms with Crippen LogP contribution in [0.4, 0.5) is 4.39 Å². The molecule has 1 aromatic rings. The summed E-state index contributed by atoms with van der Waals surface area (Å²) in [4.78, 5) is 0. The van der Waals surface area contributed by atoms with Crippen molar-refractivity contribution >= 4 is 11.6 Å². The molecule has 1 atom stereocenters. The number of hydrogen-bond acceptors (Lipinski definition) is 1. The molecule has 0 amide bonds. The van der Waals surface area contributed by atoms with E-state index in [1.54, 1.807) is 13.0 Å². The number of hydrogen-bond donors (Lipinski definition) is 1. The van der Waals surface area contributed by atoms with Crippen molar-refractivity contribution in [1.29, 1.82) is 0 Å². The van der Waals surface area contributed by atoms with E-state index in [-0.39, 0.29) is 22.3 Å². The van der Waals surface area contributed by atoms with Crippen LogP contribution >= 0.6 is 11.6 Å². The van der Waals surface area contributed by atoms with Gasteiger partial charge in [-0.15, -0.1) is 0 Å². The highest BCUT2D eigenvalue weighted by atomic mass is 35.5. The third-order valence-electron chi connectivity index (χ3n) is 3.47. The maximum Gasteiger partial charge on any atom is 0.144 e. The number of aryl methyl sites for hydroxylation is 1. The second-order valence-corrected chi connectivity index (χ2v) is 4.88. The van der Waals surface area contributed by atoms with E-state index in [9.17, 15) is 4.39 Å². The first-order valence-corrected chi connectivity index (χ1v) is 5.57. The molecular formula is C12H15ClFN. The molecule has 1 aromatic carbocycles. The second kappa shape index (κ2) is 3.46. The third kappa shape index (κ3) is 1.56. The Balaban J connectivity index is 2.51. The van der Waals surface area contributed by atoms with Crippen LogP contribution in [0, 0.1) is 12.7 Å². The van der Waals surface area contributed by atoms with Gasteiger partial charge in [0.1, 0.15) is 5.82 Å². The zero-order chi connectivity index (χ0) is 11.2. The smallest absolute Gasteiger partial charge is 0.144 e. The van der Waals surface area contributed by atoms with Crippen LogP contribution in [0.25, 0.3) is 0 Å². The van der Waals surface area contributed by atoms with Crippen LogP contribution in [-0.2, 0) is 5.41 Å². The minimum atomic E-state index is -0.305. The average molecular weight is 228 g/mol. The van der Waals surface area contributed by atoms with Crippen LogP contribution in [0.2, 0.25) is 5.02 Å². The van der Waals surface area contributed by atoms with E-state index < -0.39 is 0 Å². The van der Waals surface area contributed by atoms with Gasteiger partial charge in [0.2, 0.25) is 0 Å². The van der Waals surface area contributed by atoms with E-state index in [1.807, 2.05) is 13.0 Å². The van der Waals surface area contributed by atoms with Crippen LogP contribution in [-0.4, -0.2) is 6.04 Å². The lowest BCUT2D eigenvalue weighted by Gasteiger charge is -2.22. The molecule has 2 N–H and O–H groups in total. The Kier molecular flexibility index (Phi) is 2.52. The van der Waals surface area contributed by atoms with Gasteiger partial charge in [0.25, 0.3) is 0 Å². The van der Waals surface area contributed by atoms with Crippen molar-refractivity contribution in [1.82, 2.24) is 0 Å². The number of nitrogens with two attached hydrogens (primary N) is 1. The van der Waals surface area contributed by atoms with Gasteiger partial charge in [-0.2, -0.15) is 0 Å². The molecule has 1 nitrogen and oxygen atoms in total. The zero-order valence-corrected chi connectivity index (χ0v) is 9.74. The molecule has 1 aliphatic carbocycles. The molecule has 0 radical (unpaired) electrons. The molecule has 0 aromatic heterocycles. The van der Waals surface area contributed by atoms with Crippen molar-refractivity contribution in [2.75, 3.05) is 0 Å². The summed E-state index contributed by atoms with van der Waals surface area (Å²) >= 11 is 6.04. The average Bonchev–Trinajstić information content (AvgIpc) is 2.95. The van der Waals surface area contributed by atoms with E-state index in [1.165, 1.54) is 0 Å². The van der Waals surface area contributed by atoms with Crippen LogP contribution in [0.1, 0.15) is 30.9 Å².